The molecule has 3 aliphatic rings. The molecule has 2 aliphatic heterocycles. The zero-order chi connectivity index (χ0) is 16.8. The normalized spacial score (nSPS) is 24.4. The zero-order valence-electron chi connectivity index (χ0n) is 14.9. The molecule has 2 heterocycles. The molecule has 0 N–H and O–H groups in total. The van der Waals surface area contributed by atoms with Crippen LogP contribution in [0.15, 0.2) is 52.3 Å². The van der Waals surface area contributed by atoms with Gasteiger partial charge in [-0.15, -0.1) is 0 Å². The Labute approximate surface area is 155 Å². The van der Waals surface area contributed by atoms with Gasteiger partial charge in [0.15, 0.2) is 0 Å². The number of benzene rings is 2. The zero-order valence-corrected chi connectivity index (χ0v) is 15.8. The van der Waals surface area contributed by atoms with Crippen LogP contribution < -0.4 is 0 Å². The highest BCUT2D eigenvalue weighted by molar-refractivity contribution is 7.99. The van der Waals surface area contributed by atoms with Crippen LogP contribution >= 0.6 is 11.8 Å². The summed E-state index contributed by atoms with van der Waals surface area (Å²) >= 11 is 1.99. The van der Waals surface area contributed by atoms with Gasteiger partial charge in [-0.05, 0) is 61.1 Å². The van der Waals surface area contributed by atoms with Crippen molar-refractivity contribution in [3.63, 3.8) is 0 Å². The molecule has 25 heavy (non-hydrogen) atoms. The predicted octanol–water partition coefficient (Wildman–Crippen LogP) is 4.56. The minimum atomic E-state index is 0.539. The molecule has 0 aromatic heterocycles. The molecule has 0 spiro atoms. The van der Waals surface area contributed by atoms with Gasteiger partial charge in [-0.1, -0.05) is 42.1 Å². The Balaban J connectivity index is 1.61. The number of fused-ring (bicyclic) bond motifs is 2. The summed E-state index contributed by atoms with van der Waals surface area (Å²) in [6, 6.07) is 16.6. The van der Waals surface area contributed by atoms with E-state index in [0.29, 0.717) is 6.04 Å². The molecule has 1 unspecified atom stereocenters. The summed E-state index contributed by atoms with van der Waals surface area (Å²) in [5.41, 5.74) is 4.81. The third-order valence-corrected chi connectivity index (χ3v) is 7.23. The standard InChI is InChI=1S/C22H26N2S/c1-23-11-13-24(14-12-23)19-15-17-5-2-3-7-20(17)25-21-8-4-6-18(22(19)21)16-9-10-16/h2-8,16,19H,9-15H2,1H3. The SMILES string of the molecule is CN1CCN(C2Cc3ccccc3Sc3cccc(C4CC4)c32)CC1. The van der Waals surface area contributed by atoms with Crippen molar-refractivity contribution in [2.75, 3.05) is 33.2 Å². The van der Waals surface area contributed by atoms with Crippen LogP contribution in [0.25, 0.3) is 0 Å². The van der Waals surface area contributed by atoms with E-state index in [1.165, 1.54) is 54.4 Å². The molecule has 1 saturated carbocycles. The van der Waals surface area contributed by atoms with E-state index < -0.39 is 0 Å². The maximum Gasteiger partial charge on any atom is 0.0403 e. The van der Waals surface area contributed by atoms with Crippen LogP contribution in [0, 0.1) is 0 Å². The van der Waals surface area contributed by atoms with Crippen LogP contribution in [0.2, 0.25) is 0 Å². The topological polar surface area (TPSA) is 6.48 Å². The summed E-state index contributed by atoms with van der Waals surface area (Å²) in [4.78, 5) is 8.17. The molecule has 3 heteroatoms. The third-order valence-electron chi connectivity index (χ3n) is 6.03. The summed E-state index contributed by atoms with van der Waals surface area (Å²) in [6.07, 6.45) is 3.91. The van der Waals surface area contributed by atoms with E-state index in [-0.39, 0.29) is 0 Å². The van der Waals surface area contributed by atoms with Crippen molar-refractivity contribution in [1.29, 1.82) is 0 Å². The molecular formula is C22H26N2S. The van der Waals surface area contributed by atoms with Crippen molar-refractivity contribution in [3.8, 4) is 0 Å². The maximum atomic E-state index is 2.76. The van der Waals surface area contributed by atoms with Crippen LogP contribution in [-0.4, -0.2) is 43.0 Å². The van der Waals surface area contributed by atoms with E-state index in [1.807, 2.05) is 11.8 Å². The molecule has 1 aliphatic carbocycles. The van der Waals surface area contributed by atoms with Gasteiger partial charge in [0.25, 0.3) is 0 Å². The van der Waals surface area contributed by atoms with Crippen molar-refractivity contribution in [2.24, 2.45) is 0 Å². The lowest BCUT2D eigenvalue weighted by molar-refractivity contribution is 0.109. The van der Waals surface area contributed by atoms with Gasteiger partial charge >= 0.3 is 0 Å². The van der Waals surface area contributed by atoms with Gasteiger partial charge in [-0.2, -0.15) is 0 Å². The van der Waals surface area contributed by atoms with Gasteiger partial charge in [0.2, 0.25) is 0 Å². The first-order valence-corrected chi connectivity index (χ1v) is 10.4. The van der Waals surface area contributed by atoms with E-state index in [2.05, 4.69) is 59.3 Å². The van der Waals surface area contributed by atoms with Crippen molar-refractivity contribution in [2.45, 2.75) is 41.0 Å². The summed E-state index contributed by atoms with van der Waals surface area (Å²) in [5, 5.41) is 0. The Morgan fingerprint density at radius 3 is 2.44 bits per heavy atom. The van der Waals surface area contributed by atoms with E-state index in [0.717, 1.165) is 12.3 Å². The van der Waals surface area contributed by atoms with Crippen LogP contribution in [0.1, 0.15) is 41.5 Å². The number of piperazine rings is 1. The summed E-state index contributed by atoms with van der Waals surface area (Å²) in [7, 11) is 2.25. The third kappa shape index (κ3) is 3.03. The number of hydrogen-bond acceptors (Lipinski definition) is 3. The highest BCUT2D eigenvalue weighted by Crippen LogP contribution is 2.50. The highest BCUT2D eigenvalue weighted by atomic mass is 32.2. The van der Waals surface area contributed by atoms with Crippen molar-refractivity contribution in [1.82, 2.24) is 9.80 Å². The smallest absolute Gasteiger partial charge is 0.0403 e. The fourth-order valence-electron chi connectivity index (χ4n) is 4.40. The van der Waals surface area contributed by atoms with Crippen LogP contribution in [0.5, 0.6) is 0 Å². The lowest BCUT2D eigenvalue weighted by atomic mass is 9.91. The van der Waals surface area contributed by atoms with E-state index >= 15 is 0 Å². The summed E-state index contributed by atoms with van der Waals surface area (Å²) in [6.45, 7) is 4.75. The average Bonchev–Trinajstić information content (AvgIpc) is 3.48. The van der Waals surface area contributed by atoms with Crippen molar-refractivity contribution >= 4 is 11.8 Å². The molecule has 0 radical (unpaired) electrons. The Hall–Kier alpha value is -1.29. The number of likely N-dealkylation sites (N-methyl/N-ethyl adjacent to an activating group) is 1. The maximum absolute atomic E-state index is 2.76. The predicted molar refractivity (Wildman–Crippen MR) is 104 cm³/mol. The van der Waals surface area contributed by atoms with Gasteiger partial charge in [0.05, 0.1) is 0 Å². The van der Waals surface area contributed by atoms with Crippen LogP contribution in [0.3, 0.4) is 0 Å². The van der Waals surface area contributed by atoms with Crippen molar-refractivity contribution < 1.29 is 0 Å². The molecule has 0 bridgehead atoms. The lowest BCUT2D eigenvalue weighted by Gasteiger charge is -2.39. The molecule has 2 aromatic carbocycles. The minimum absolute atomic E-state index is 0.539. The van der Waals surface area contributed by atoms with Gasteiger partial charge < -0.3 is 4.90 Å². The largest absolute Gasteiger partial charge is 0.304 e. The number of nitrogens with zero attached hydrogens (tertiary/aromatic N) is 2. The summed E-state index contributed by atoms with van der Waals surface area (Å²) < 4.78 is 0. The minimum Gasteiger partial charge on any atom is -0.304 e. The molecular weight excluding hydrogens is 324 g/mol. The Kier molecular flexibility index (Phi) is 4.11. The van der Waals surface area contributed by atoms with Crippen LogP contribution in [-0.2, 0) is 6.42 Å². The molecule has 5 rings (SSSR count). The van der Waals surface area contributed by atoms with Gasteiger partial charge in [0.1, 0.15) is 0 Å². The first-order chi connectivity index (χ1) is 12.3. The fraction of sp³-hybridized carbons (Fsp3) is 0.455. The molecule has 0 amide bonds. The van der Waals surface area contributed by atoms with Crippen LogP contribution in [0.4, 0.5) is 0 Å². The monoisotopic (exact) mass is 350 g/mol. The fourth-order valence-corrected chi connectivity index (χ4v) is 5.58. The van der Waals surface area contributed by atoms with E-state index in [1.54, 1.807) is 11.1 Å². The summed E-state index contributed by atoms with van der Waals surface area (Å²) in [5.74, 6) is 0.812. The Morgan fingerprint density at radius 2 is 1.64 bits per heavy atom. The quantitative estimate of drug-likeness (QED) is 0.784. The molecule has 2 nitrogen and oxygen atoms in total. The Morgan fingerprint density at radius 1 is 0.880 bits per heavy atom. The second kappa shape index (κ2) is 6.46. The first-order valence-electron chi connectivity index (χ1n) is 9.61. The van der Waals surface area contributed by atoms with E-state index in [9.17, 15) is 0 Å². The molecule has 2 fully saturated rings. The highest BCUT2D eigenvalue weighted by Gasteiger charge is 2.35. The average molecular weight is 351 g/mol. The second-order valence-electron chi connectivity index (χ2n) is 7.80. The number of rotatable bonds is 2. The van der Waals surface area contributed by atoms with Gasteiger partial charge in [-0.3, -0.25) is 4.90 Å². The van der Waals surface area contributed by atoms with E-state index in [4.69, 9.17) is 0 Å². The number of hydrogen-bond donors (Lipinski definition) is 0. The first kappa shape index (κ1) is 15.9. The van der Waals surface area contributed by atoms with Gasteiger partial charge in [-0.25, -0.2) is 0 Å². The molecule has 130 valence electrons. The molecule has 1 saturated heterocycles. The molecule has 1 atom stereocenters. The Bertz CT molecular complexity index is 775. The molecule has 2 aromatic rings. The van der Waals surface area contributed by atoms with Gasteiger partial charge in [0, 0.05) is 42.0 Å². The second-order valence-corrected chi connectivity index (χ2v) is 8.89. The lowest BCUT2D eigenvalue weighted by Crippen LogP contribution is -2.46. The van der Waals surface area contributed by atoms with Crippen molar-refractivity contribution in [3.05, 3.63) is 59.2 Å².